The van der Waals surface area contributed by atoms with Crippen molar-refractivity contribution in [2.24, 2.45) is 5.73 Å². The van der Waals surface area contributed by atoms with Gasteiger partial charge in [-0.25, -0.2) is 4.79 Å². The molecule has 1 aliphatic rings. The predicted molar refractivity (Wildman–Crippen MR) is 80.0 cm³/mol. The first-order chi connectivity index (χ1) is 9.99. The molecule has 6 heteroatoms. The molecule has 0 spiro atoms. The van der Waals surface area contributed by atoms with Gasteiger partial charge < -0.3 is 21.1 Å². The number of nitrogens with two attached hydrogens (primary N) is 1. The van der Waals surface area contributed by atoms with Gasteiger partial charge in [0.05, 0.1) is 12.1 Å². The lowest BCUT2D eigenvalue weighted by molar-refractivity contribution is 0.0268. The number of benzene rings is 1. The Bertz CT molecular complexity index is 515. The Kier molecular flexibility index (Phi) is 4.80. The second-order valence-corrected chi connectivity index (χ2v) is 5.40. The number of carbonyl (C=O) groups excluding carboxylic acids is 2. The number of hydrogen-bond acceptors (Lipinski definition) is 3. The van der Waals surface area contributed by atoms with Crippen LogP contribution in [0.25, 0.3) is 0 Å². The normalized spacial score (nSPS) is 21.6. The van der Waals surface area contributed by atoms with E-state index < -0.39 is 12.1 Å². The molecule has 2 rings (SSSR count). The summed E-state index contributed by atoms with van der Waals surface area (Å²) in [5.41, 5.74) is 6.09. The van der Waals surface area contributed by atoms with Crippen LogP contribution in [0.4, 0.5) is 10.5 Å². The first kappa shape index (κ1) is 15.3. The minimum Gasteiger partial charge on any atom is -0.391 e. The Morgan fingerprint density at radius 1 is 1.24 bits per heavy atom. The van der Waals surface area contributed by atoms with Crippen LogP contribution in [0, 0.1) is 0 Å². The molecular formula is C15H21N3O3. The highest BCUT2D eigenvalue weighted by atomic mass is 16.3. The summed E-state index contributed by atoms with van der Waals surface area (Å²) in [4.78, 5) is 24.8. The van der Waals surface area contributed by atoms with E-state index in [2.05, 4.69) is 5.32 Å². The van der Waals surface area contributed by atoms with E-state index in [-0.39, 0.29) is 11.9 Å². The van der Waals surface area contributed by atoms with Crippen molar-refractivity contribution in [2.75, 3.05) is 12.4 Å². The summed E-state index contributed by atoms with van der Waals surface area (Å²) in [6, 6.07) is 5.76. The van der Waals surface area contributed by atoms with Gasteiger partial charge >= 0.3 is 6.03 Å². The average molecular weight is 291 g/mol. The maximum Gasteiger partial charge on any atom is 0.316 e. The zero-order chi connectivity index (χ0) is 15.4. The SMILES string of the molecule is CN(C(=O)c1ccc(NC(N)=O)cc1)C1CCCCC1O. The summed E-state index contributed by atoms with van der Waals surface area (Å²) in [6.07, 6.45) is 3.14. The summed E-state index contributed by atoms with van der Waals surface area (Å²) >= 11 is 0. The number of likely N-dealkylation sites (N-methyl/N-ethyl adjacent to an activating group) is 1. The third-order valence-corrected chi connectivity index (χ3v) is 3.91. The maximum atomic E-state index is 12.4. The van der Waals surface area contributed by atoms with Crippen LogP contribution in [0.3, 0.4) is 0 Å². The van der Waals surface area contributed by atoms with Gasteiger partial charge in [0.15, 0.2) is 0 Å². The first-order valence-corrected chi connectivity index (χ1v) is 7.11. The quantitative estimate of drug-likeness (QED) is 0.788. The lowest BCUT2D eigenvalue weighted by atomic mass is 9.91. The predicted octanol–water partition coefficient (Wildman–Crippen LogP) is 1.55. The third-order valence-electron chi connectivity index (χ3n) is 3.91. The molecule has 1 aliphatic carbocycles. The maximum absolute atomic E-state index is 12.4. The number of amides is 3. The van der Waals surface area contributed by atoms with E-state index >= 15 is 0 Å². The smallest absolute Gasteiger partial charge is 0.316 e. The third kappa shape index (κ3) is 3.72. The molecule has 0 aliphatic heterocycles. The molecule has 0 heterocycles. The van der Waals surface area contributed by atoms with Crippen LogP contribution in [0.2, 0.25) is 0 Å². The van der Waals surface area contributed by atoms with E-state index in [1.165, 1.54) is 0 Å². The van der Waals surface area contributed by atoms with Gasteiger partial charge in [-0.05, 0) is 37.1 Å². The number of carbonyl (C=O) groups is 2. The van der Waals surface area contributed by atoms with Gasteiger partial charge in [-0.1, -0.05) is 12.8 Å². The molecule has 6 nitrogen and oxygen atoms in total. The second-order valence-electron chi connectivity index (χ2n) is 5.40. The van der Waals surface area contributed by atoms with Gasteiger partial charge in [-0.2, -0.15) is 0 Å². The molecule has 1 aromatic carbocycles. The fourth-order valence-electron chi connectivity index (χ4n) is 2.74. The Morgan fingerprint density at radius 2 is 1.86 bits per heavy atom. The molecule has 0 bridgehead atoms. The van der Waals surface area contributed by atoms with E-state index in [0.717, 1.165) is 25.7 Å². The Labute approximate surface area is 123 Å². The summed E-state index contributed by atoms with van der Waals surface area (Å²) in [6.45, 7) is 0. The van der Waals surface area contributed by atoms with Crippen LogP contribution >= 0.6 is 0 Å². The summed E-state index contributed by atoms with van der Waals surface area (Å²) < 4.78 is 0. The van der Waals surface area contributed by atoms with Gasteiger partial charge in [0.25, 0.3) is 5.91 Å². The van der Waals surface area contributed by atoms with Crippen LogP contribution in [0.5, 0.6) is 0 Å². The number of anilines is 1. The van der Waals surface area contributed by atoms with Gasteiger partial charge in [0, 0.05) is 18.3 Å². The summed E-state index contributed by atoms with van der Waals surface area (Å²) in [7, 11) is 1.72. The van der Waals surface area contributed by atoms with E-state index in [9.17, 15) is 14.7 Å². The molecule has 0 saturated heterocycles. The van der Waals surface area contributed by atoms with Crippen molar-refractivity contribution in [1.82, 2.24) is 4.90 Å². The molecule has 0 aromatic heterocycles. The molecule has 2 unspecified atom stereocenters. The number of primary amides is 1. The Hall–Kier alpha value is -2.08. The van der Waals surface area contributed by atoms with Crippen molar-refractivity contribution >= 4 is 17.6 Å². The van der Waals surface area contributed by atoms with Crippen LogP contribution < -0.4 is 11.1 Å². The molecule has 1 fully saturated rings. The van der Waals surface area contributed by atoms with Crippen LogP contribution in [-0.4, -0.2) is 41.1 Å². The van der Waals surface area contributed by atoms with E-state index in [0.29, 0.717) is 11.3 Å². The molecule has 21 heavy (non-hydrogen) atoms. The van der Waals surface area contributed by atoms with Gasteiger partial charge in [0.2, 0.25) is 0 Å². The molecule has 1 saturated carbocycles. The minimum atomic E-state index is -0.642. The van der Waals surface area contributed by atoms with Crippen LogP contribution in [0.15, 0.2) is 24.3 Å². The van der Waals surface area contributed by atoms with E-state index in [1.54, 1.807) is 36.2 Å². The molecular weight excluding hydrogens is 270 g/mol. The largest absolute Gasteiger partial charge is 0.391 e. The zero-order valence-electron chi connectivity index (χ0n) is 12.1. The van der Waals surface area contributed by atoms with Crippen molar-refractivity contribution in [3.8, 4) is 0 Å². The molecule has 4 N–H and O–H groups in total. The Morgan fingerprint density at radius 3 is 2.43 bits per heavy atom. The highest BCUT2D eigenvalue weighted by Crippen LogP contribution is 2.23. The molecule has 0 radical (unpaired) electrons. The van der Waals surface area contributed by atoms with Crippen LogP contribution in [0.1, 0.15) is 36.0 Å². The number of hydrogen-bond donors (Lipinski definition) is 3. The second kappa shape index (κ2) is 6.58. The number of nitrogens with zero attached hydrogens (tertiary/aromatic N) is 1. The van der Waals surface area contributed by atoms with E-state index in [4.69, 9.17) is 5.73 Å². The van der Waals surface area contributed by atoms with Gasteiger partial charge in [-0.15, -0.1) is 0 Å². The summed E-state index contributed by atoms with van der Waals surface area (Å²) in [5.74, 6) is -0.133. The van der Waals surface area contributed by atoms with Gasteiger partial charge in [-0.3, -0.25) is 4.79 Å². The highest BCUT2D eigenvalue weighted by Gasteiger charge is 2.29. The fraction of sp³-hybridized carbons (Fsp3) is 0.467. The van der Waals surface area contributed by atoms with Crippen molar-refractivity contribution in [3.63, 3.8) is 0 Å². The lowest BCUT2D eigenvalue weighted by Crippen LogP contribution is -2.46. The van der Waals surface area contributed by atoms with Crippen molar-refractivity contribution < 1.29 is 14.7 Å². The number of aliphatic hydroxyl groups is 1. The van der Waals surface area contributed by atoms with E-state index in [1.807, 2.05) is 0 Å². The number of urea groups is 1. The standard InChI is InChI=1S/C15H21N3O3/c1-18(12-4-2-3-5-13(12)19)14(20)10-6-8-11(9-7-10)17-15(16)21/h6-9,12-13,19H,2-5H2,1H3,(H3,16,17,21). The Balaban J connectivity index is 2.06. The van der Waals surface area contributed by atoms with Crippen molar-refractivity contribution in [3.05, 3.63) is 29.8 Å². The topological polar surface area (TPSA) is 95.7 Å². The summed E-state index contributed by atoms with van der Waals surface area (Å²) in [5, 5.41) is 12.5. The lowest BCUT2D eigenvalue weighted by Gasteiger charge is -2.35. The van der Waals surface area contributed by atoms with Gasteiger partial charge in [0.1, 0.15) is 0 Å². The number of nitrogens with one attached hydrogen (secondary N) is 1. The molecule has 1 aromatic rings. The molecule has 3 amide bonds. The number of aliphatic hydroxyl groups excluding tert-OH is 1. The molecule has 2 atom stereocenters. The van der Waals surface area contributed by atoms with Crippen molar-refractivity contribution in [2.45, 2.75) is 37.8 Å². The van der Waals surface area contributed by atoms with Crippen LogP contribution in [-0.2, 0) is 0 Å². The molecule has 114 valence electrons. The first-order valence-electron chi connectivity index (χ1n) is 7.11. The zero-order valence-corrected chi connectivity index (χ0v) is 12.1. The fourth-order valence-corrected chi connectivity index (χ4v) is 2.74. The van der Waals surface area contributed by atoms with Crippen molar-refractivity contribution in [1.29, 1.82) is 0 Å². The minimum absolute atomic E-state index is 0.130. The highest BCUT2D eigenvalue weighted by molar-refractivity contribution is 5.95. The monoisotopic (exact) mass is 291 g/mol. The average Bonchev–Trinajstić information content (AvgIpc) is 2.46. The number of rotatable bonds is 3.